The van der Waals surface area contributed by atoms with E-state index in [2.05, 4.69) is 15.6 Å². The Bertz CT molecular complexity index is 1140. The van der Waals surface area contributed by atoms with Crippen molar-refractivity contribution in [2.24, 2.45) is 4.99 Å². The van der Waals surface area contributed by atoms with Crippen molar-refractivity contribution in [2.45, 2.75) is 20.0 Å². The zero-order valence-corrected chi connectivity index (χ0v) is 16.7. The first-order valence-corrected chi connectivity index (χ1v) is 9.40. The lowest BCUT2D eigenvalue weighted by atomic mass is 10.1. The number of halogens is 2. The number of benzene rings is 2. The van der Waals surface area contributed by atoms with Crippen LogP contribution in [-0.2, 0) is 0 Å². The second-order valence-electron chi connectivity index (χ2n) is 6.54. The third-order valence-electron chi connectivity index (χ3n) is 4.39. The Labute approximate surface area is 171 Å². The summed E-state index contributed by atoms with van der Waals surface area (Å²) in [6.45, 7) is 3.78. The predicted octanol–water partition coefficient (Wildman–Crippen LogP) is 4.61. The molecule has 0 radical (unpaired) electrons. The lowest BCUT2D eigenvalue weighted by Gasteiger charge is -2.27. The van der Waals surface area contributed by atoms with Crippen LogP contribution >= 0.6 is 23.2 Å². The maximum atomic E-state index is 12.7. The molecule has 0 amide bonds. The van der Waals surface area contributed by atoms with Crippen LogP contribution in [0.2, 0.25) is 10.0 Å². The monoisotopic (exact) mass is 413 g/mol. The van der Waals surface area contributed by atoms with Crippen molar-refractivity contribution in [1.29, 1.82) is 0 Å². The van der Waals surface area contributed by atoms with E-state index in [1.165, 1.54) is 10.6 Å². The van der Waals surface area contributed by atoms with Crippen molar-refractivity contribution in [3.63, 3.8) is 0 Å². The highest BCUT2D eigenvalue weighted by atomic mass is 35.5. The SMILES string of the molecule is Cc1ccc([C@@H]2N=C(Nc3cccc(Cl)c3Cl)Nc3nc(C)cc(=O)n32)cc1. The van der Waals surface area contributed by atoms with Crippen LogP contribution in [0.3, 0.4) is 0 Å². The van der Waals surface area contributed by atoms with E-state index in [0.29, 0.717) is 33.3 Å². The van der Waals surface area contributed by atoms with E-state index in [9.17, 15) is 4.79 Å². The molecule has 0 bridgehead atoms. The number of aliphatic imine (C=N–C) groups is 1. The number of anilines is 2. The number of guanidine groups is 1. The molecular formula is C20H17Cl2N5O. The van der Waals surface area contributed by atoms with Crippen molar-refractivity contribution < 1.29 is 0 Å². The van der Waals surface area contributed by atoms with E-state index in [1.807, 2.05) is 31.2 Å². The van der Waals surface area contributed by atoms with Gasteiger partial charge in [-0.15, -0.1) is 0 Å². The van der Waals surface area contributed by atoms with Gasteiger partial charge >= 0.3 is 0 Å². The third-order valence-corrected chi connectivity index (χ3v) is 5.21. The van der Waals surface area contributed by atoms with Crippen LogP contribution < -0.4 is 16.2 Å². The number of nitrogens with zero attached hydrogens (tertiary/aromatic N) is 3. The highest BCUT2D eigenvalue weighted by molar-refractivity contribution is 6.44. The van der Waals surface area contributed by atoms with E-state index in [4.69, 9.17) is 28.2 Å². The fraction of sp³-hybridized carbons (Fsp3) is 0.150. The molecule has 28 heavy (non-hydrogen) atoms. The zero-order valence-electron chi connectivity index (χ0n) is 15.2. The first-order valence-electron chi connectivity index (χ1n) is 8.65. The van der Waals surface area contributed by atoms with Crippen LogP contribution in [0.1, 0.15) is 23.0 Å². The maximum absolute atomic E-state index is 12.7. The summed E-state index contributed by atoms with van der Waals surface area (Å²) in [7, 11) is 0. The number of aromatic nitrogens is 2. The molecule has 3 aromatic rings. The minimum atomic E-state index is -0.557. The smallest absolute Gasteiger partial charge is 0.257 e. The number of rotatable bonds is 2. The molecule has 8 heteroatoms. The molecule has 0 unspecified atom stereocenters. The van der Waals surface area contributed by atoms with Gasteiger partial charge in [0.05, 0.1) is 15.7 Å². The maximum Gasteiger partial charge on any atom is 0.257 e. The van der Waals surface area contributed by atoms with Crippen LogP contribution in [-0.4, -0.2) is 15.5 Å². The summed E-state index contributed by atoms with van der Waals surface area (Å²) >= 11 is 12.4. The number of aryl methyl sites for hydroxylation is 2. The van der Waals surface area contributed by atoms with Gasteiger partial charge in [0.15, 0.2) is 6.17 Å². The first-order chi connectivity index (χ1) is 13.4. The molecule has 0 spiro atoms. The lowest BCUT2D eigenvalue weighted by Crippen LogP contribution is -2.37. The van der Waals surface area contributed by atoms with Crippen LogP contribution in [0.15, 0.2) is 58.3 Å². The standard InChI is InChI=1S/C20H17Cl2N5O/c1-11-6-8-13(9-7-11)18-25-19(24-15-5-3-4-14(21)17(15)22)26-20-23-12(2)10-16(28)27(18)20/h3-10,18H,1-2H3,(H2,23,24,25,26)/t18-/m1/s1. The van der Waals surface area contributed by atoms with Crippen molar-refractivity contribution in [3.8, 4) is 0 Å². The highest BCUT2D eigenvalue weighted by Crippen LogP contribution is 2.31. The van der Waals surface area contributed by atoms with Gasteiger partial charge in [0.2, 0.25) is 11.9 Å². The number of fused-ring (bicyclic) bond motifs is 1. The predicted molar refractivity (Wildman–Crippen MR) is 114 cm³/mol. The summed E-state index contributed by atoms with van der Waals surface area (Å²) in [5, 5.41) is 7.05. The Hall–Kier alpha value is -2.83. The van der Waals surface area contributed by atoms with Crippen molar-refractivity contribution in [1.82, 2.24) is 9.55 Å². The average molecular weight is 414 g/mol. The molecule has 1 aliphatic heterocycles. The zero-order chi connectivity index (χ0) is 19.8. The molecule has 1 aromatic heterocycles. The molecule has 0 saturated heterocycles. The van der Waals surface area contributed by atoms with Gasteiger partial charge in [-0.3, -0.25) is 14.7 Å². The van der Waals surface area contributed by atoms with Gasteiger partial charge in [0, 0.05) is 11.8 Å². The van der Waals surface area contributed by atoms with Gasteiger partial charge < -0.3 is 5.32 Å². The van der Waals surface area contributed by atoms with Crippen LogP contribution in [0.25, 0.3) is 0 Å². The van der Waals surface area contributed by atoms with Gasteiger partial charge in [-0.25, -0.2) is 9.98 Å². The first kappa shape index (κ1) is 18.5. The Morgan fingerprint density at radius 1 is 1.11 bits per heavy atom. The Morgan fingerprint density at radius 2 is 1.86 bits per heavy atom. The fourth-order valence-corrected chi connectivity index (χ4v) is 3.35. The summed E-state index contributed by atoms with van der Waals surface area (Å²) in [4.78, 5) is 21.8. The molecule has 2 aromatic carbocycles. The van der Waals surface area contributed by atoms with Crippen molar-refractivity contribution >= 4 is 40.8 Å². The van der Waals surface area contributed by atoms with Gasteiger partial charge in [-0.1, -0.05) is 59.1 Å². The lowest BCUT2D eigenvalue weighted by molar-refractivity contribution is 0.577. The molecule has 0 fully saturated rings. The summed E-state index contributed by atoms with van der Waals surface area (Å²) in [5.74, 6) is 0.832. The Kier molecular flexibility index (Phi) is 4.83. The molecule has 1 atom stereocenters. The molecule has 0 aliphatic carbocycles. The van der Waals surface area contributed by atoms with E-state index >= 15 is 0 Å². The minimum Gasteiger partial charge on any atom is -0.325 e. The number of hydrogen-bond acceptors (Lipinski definition) is 5. The summed E-state index contributed by atoms with van der Waals surface area (Å²) in [5.41, 5.74) is 3.04. The average Bonchev–Trinajstić information content (AvgIpc) is 2.65. The van der Waals surface area contributed by atoms with Crippen LogP contribution in [0, 0.1) is 13.8 Å². The van der Waals surface area contributed by atoms with E-state index < -0.39 is 6.17 Å². The normalized spacial score (nSPS) is 15.4. The van der Waals surface area contributed by atoms with Gasteiger partial charge in [-0.2, -0.15) is 0 Å². The van der Waals surface area contributed by atoms with Crippen LogP contribution in [0.5, 0.6) is 0 Å². The molecule has 142 valence electrons. The fourth-order valence-electron chi connectivity index (χ4n) is 3.00. The second kappa shape index (κ2) is 7.30. The van der Waals surface area contributed by atoms with E-state index in [1.54, 1.807) is 25.1 Å². The van der Waals surface area contributed by atoms with Crippen molar-refractivity contribution in [3.05, 3.63) is 85.8 Å². The molecule has 2 N–H and O–H groups in total. The largest absolute Gasteiger partial charge is 0.325 e. The van der Waals surface area contributed by atoms with E-state index in [-0.39, 0.29) is 5.56 Å². The Morgan fingerprint density at radius 3 is 2.61 bits per heavy atom. The van der Waals surface area contributed by atoms with E-state index in [0.717, 1.165) is 11.1 Å². The number of hydrogen-bond donors (Lipinski definition) is 2. The molecule has 1 aliphatic rings. The molecule has 4 rings (SSSR count). The molecular weight excluding hydrogens is 397 g/mol. The quantitative estimate of drug-likeness (QED) is 0.643. The van der Waals surface area contributed by atoms with Gasteiger partial charge in [0.25, 0.3) is 5.56 Å². The highest BCUT2D eigenvalue weighted by Gasteiger charge is 2.25. The third kappa shape index (κ3) is 3.48. The summed E-state index contributed by atoms with van der Waals surface area (Å²) < 4.78 is 1.53. The van der Waals surface area contributed by atoms with Crippen LogP contribution in [0.4, 0.5) is 11.6 Å². The second-order valence-corrected chi connectivity index (χ2v) is 7.33. The minimum absolute atomic E-state index is 0.177. The molecule has 6 nitrogen and oxygen atoms in total. The van der Waals surface area contributed by atoms with Crippen molar-refractivity contribution in [2.75, 3.05) is 10.6 Å². The topological polar surface area (TPSA) is 71.3 Å². The van der Waals surface area contributed by atoms with Gasteiger partial charge in [-0.05, 0) is 31.5 Å². The van der Waals surface area contributed by atoms with Gasteiger partial charge in [0.1, 0.15) is 0 Å². The summed E-state index contributed by atoms with van der Waals surface area (Å²) in [6, 6.07) is 14.7. The summed E-state index contributed by atoms with van der Waals surface area (Å²) in [6.07, 6.45) is -0.557. The molecule has 0 saturated carbocycles. The molecule has 2 heterocycles. The Balaban J connectivity index is 1.81. The number of nitrogens with one attached hydrogen (secondary N) is 2.